The van der Waals surface area contributed by atoms with Crippen LogP contribution in [0.4, 0.5) is 5.69 Å². The van der Waals surface area contributed by atoms with Gasteiger partial charge in [-0.3, -0.25) is 14.4 Å². The van der Waals surface area contributed by atoms with Crippen LogP contribution in [0.15, 0.2) is 54.6 Å². The van der Waals surface area contributed by atoms with Crippen LogP contribution in [0.2, 0.25) is 0 Å². The average molecular weight is 437 g/mol. The fourth-order valence-electron chi connectivity index (χ4n) is 3.52. The number of amides is 1. The number of Topliss-reactive ketones (excluding diaryl/α,β-unsaturated/α-hetero) is 1. The van der Waals surface area contributed by atoms with E-state index >= 15 is 0 Å². The van der Waals surface area contributed by atoms with E-state index in [2.05, 4.69) is 0 Å². The quantitative estimate of drug-likeness (QED) is 0.461. The fraction of sp³-hybridized carbons (Fsp3) is 0.360. The number of nitrogens with zero attached hydrogens (tertiary/aromatic N) is 1. The second-order valence-corrected chi connectivity index (χ2v) is 7.97. The Morgan fingerprint density at radius 1 is 0.969 bits per heavy atom. The number of ketones is 1. The summed E-state index contributed by atoms with van der Waals surface area (Å²) in [6, 6.07) is 15.1. The zero-order valence-corrected chi connectivity index (χ0v) is 18.4. The summed E-state index contributed by atoms with van der Waals surface area (Å²) in [4.78, 5) is 51.3. The van der Waals surface area contributed by atoms with Crippen LogP contribution in [0.1, 0.15) is 54.3 Å². The van der Waals surface area contributed by atoms with Crippen LogP contribution < -0.4 is 4.90 Å². The minimum Gasteiger partial charge on any atom is -0.459 e. The first kappa shape index (κ1) is 23.2. The van der Waals surface area contributed by atoms with Crippen molar-refractivity contribution in [3.05, 3.63) is 65.7 Å². The van der Waals surface area contributed by atoms with E-state index in [1.807, 2.05) is 6.07 Å². The zero-order valence-electron chi connectivity index (χ0n) is 18.4. The van der Waals surface area contributed by atoms with Gasteiger partial charge >= 0.3 is 11.9 Å². The number of hydrogen-bond donors (Lipinski definition) is 0. The average Bonchev–Trinajstić information content (AvgIpc) is 3.18. The van der Waals surface area contributed by atoms with E-state index in [9.17, 15) is 19.2 Å². The summed E-state index contributed by atoms with van der Waals surface area (Å²) in [7, 11) is 0. The maximum Gasteiger partial charge on any atom is 0.338 e. The summed E-state index contributed by atoms with van der Waals surface area (Å²) in [6.45, 7) is 5.47. The van der Waals surface area contributed by atoms with Crippen molar-refractivity contribution in [1.29, 1.82) is 0 Å². The zero-order chi connectivity index (χ0) is 23.3. The minimum absolute atomic E-state index is 0.00589. The molecule has 1 fully saturated rings. The van der Waals surface area contributed by atoms with E-state index in [0.717, 1.165) is 0 Å². The lowest BCUT2D eigenvalue weighted by atomic mass is 10.0. The van der Waals surface area contributed by atoms with Gasteiger partial charge in [0.2, 0.25) is 11.7 Å². The lowest BCUT2D eigenvalue weighted by Crippen LogP contribution is -2.31. The van der Waals surface area contributed by atoms with Crippen LogP contribution in [0.5, 0.6) is 0 Å². The lowest BCUT2D eigenvalue weighted by Gasteiger charge is -2.19. The topological polar surface area (TPSA) is 90.0 Å². The number of carbonyl (C=O) groups is 4. The molecule has 2 aromatic rings. The van der Waals surface area contributed by atoms with Crippen molar-refractivity contribution in [2.75, 3.05) is 11.4 Å². The maximum absolute atomic E-state index is 12.7. The van der Waals surface area contributed by atoms with Gasteiger partial charge in [-0.15, -0.1) is 0 Å². The van der Waals surface area contributed by atoms with Crippen molar-refractivity contribution < 1.29 is 28.7 Å². The largest absolute Gasteiger partial charge is 0.459 e. The lowest BCUT2D eigenvalue weighted by molar-refractivity contribution is -0.151. The van der Waals surface area contributed by atoms with Gasteiger partial charge in [-0.05, 0) is 44.5 Å². The predicted molar refractivity (Wildman–Crippen MR) is 118 cm³/mol. The Hall–Kier alpha value is -3.48. The molecule has 0 unspecified atom stereocenters. The molecule has 2 aromatic carbocycles. The minimum atomic E-state index is -0.889. The molecule has 1 heterocycles. The molecule has 1 saturated heterocycles. The summed E-state index contributed by atoms with van der Waals surface area (Å²) < 4.78 is 10.7. The molecule has 168 valence electrons. The summed E-state index contributed by atoms with van der Waals surface area (Å²) in [5, 5.41) is 0. The molecule has 0 radical (unpaired) electrons. The molecule has 1 aliphatic rings. The van der Waals surface area contributed by atoms with Gasteiger partial charge in [0.25, 0.3) is 0 Å². The van der Waals surface area contributed by atoms with Gasteiger partial charge in [0.15, 0.2) is 6.10 Å². The molecule has 3 rings (SSSR count). The second kappa shape index (κ2) is 10.2. The van der Waals surface area contributed by atoms with E-state index in [1.165, 1.54) is 4.90 Å². The Kier molecular flexibility index (Phi) is 7.41. The van der Waals surface area contributed by atoms with Gasteiger partial charge < -0.3 is 14.4 Å². The number of esters is 2. The van der Waals surface area contributed by atoms with Gasteiger partial charge in [-0.25, -0.2) is 4.79 Å². The number of hydrogen-bond acceptors (Lipinski definition) is 6. The SMILES string of the molecule is CC[C@H](OC(=O)[C@H]1CC(=O)N(c2ccc(C(=O)OC(C)C)cc2)C1)C(=O)c1ccccc1. The van der Waals surface area contributed by atoms with E-state index in [4.69, 9.17) is 9.47 Å². The predicted octanol–water partition coefficient (Wildman–Crippen LogP) is 3.81. The van der Waals surface area contributed by atoms with Crippen molar-refractivity contribution >= 4 is 29.3 Å². The summed E-state index contributed by atoms with van der Waals surface area (Å²) >= 11 is 0. The molecule has 32 heavy (non-hydrogen) atoms. The van der Waals surface area contributed by atoms with E-state index < -0.39 is 24.0 Å². The monoisotopic (exact) mass is 437 g/mol. The molecular formula is C25H27NO6. The van der Waals surface area contributed by atoms with Crippen molar-refractivity contribution in [3.8, 4) is 0 Å². The molecule has 1 amide bonds. The van der Waals surface area contributed by atoms with Gasteiger partial charge in [-0.2, -0.15) is 0 Å². The number of rotatable bonds is 8. The van der Waals surface area contributed by atoms with Crippen LogP contribution in [-0.4, -0.2) is 42.4 Å². The van der Waals surface area contributed by atoms with Crippen molar-refractivity contribution in [3.63, 3.8) is 0 Å². The van der Waals surface area contributed by atoms with Crippen LogP contribution in [0, 0.1) is 5.92 Å². The van der Waals surface area contributed by atoms with Gasteiger partial charge in [0.1, 0.15) is 0 Å². The summed E-state index contributed by atoms with van der Waals surface area (Å²) in [5.74, 6) is -2.13. The third kappa shape index (κ3) is 5.41. The van der Waals surface area contributed by atoms with Crippen LogP contribution in [0.3, 0.4) is 0 Å². The first-order chi connectivity index (χ1) is 15.3. The maximum atomic E-state index is 12.7. The summed E-state index contributed by atoms with van der Waals surface area (Å²) in [6.07, 6.45) is -0.765. The fourth-order valence-corrected chi connectivity index (χ4v) is 3.52. The standard InChI is InChI=1S/C25H27NO6/c1-4-21(23(28)17-8-6-5-7-9-17)32-25(30)19-14-22(27)26(15-19)20-12-10-18(11-13-20)24(29)31-16(2)3/h5-13,16,19,21H,4,14-15H2,1-3H3/t19-,21-/m0/s1. The number of ether oxygens (including phenoxy) is 2. The highest BCUT2D eigenvalue weighted by molar-refractivity contribution is 6.02. The molecule has 1 aliphatic heterocycles. The Bertz CT molecular complexity index is 983. The molecule has 0 saturated carbocycles. The highest BCUT2D eigenvalue weighted by Gasteiger charge is 2.37. The third-order valence-electron chi connectivity index (χ3n) is 5.20. The number of carbonyl (C=O) groups excluding carboxylic acids is 4. The second-order valence-electron chi connectivity index (χ2n) is 7.97. The molecular weight excluding hydrogens is 410 g/mol. The van der Waals surface area contributed by atoms with E-state index in [-0.39, 0.29) is 30.8 Å². The third-order valence-corrected chi connectivity index (χ3v) is 5.20. The number of anilines is 1. The first-order valence-electron chi connectivity index (χ1n) is 10.7. The molecule has 0 aromatic heterocycles. The van der Waals surface area contributed by atoms with Crippen LogP contribution >= 0.6 is 0 Å². The Balaban J connectivity index is 1.64. The Labute approximate surface area is 187 Å². The highest BCUT2D eigenvalue weighted by Crippen LogP contribution is 2.27. The van der Waals surface area contributed by atoms with E-state index in [0.29, 0.717) is 23.2 Å². The van der Waals surface area contributed by atoms with Crippen molar-refractivity contribution in [2.24, 2.45) is 5.92 Å². The van der Waals surface area contributed by atoms with Gasteiger partial charge in [-0.1, -0.05) is 37.3 Å². The van der Waals surface area contributed by atoms with Gasteiger partial charge in [0, 0.05) is 24.2 Å². The van der Waals surface area contributed by atoms with Crippen molar-refractivity contribution in [2.45, 2.75) is 45.8 Å². The molecule has 0 N–H and O–H groups in total. The number of benzene rings is 2. The molecule has 0 aliphatic carbocycles. The summed E-state index contributed by atoms with van der Waals surface area (Å²) in [5.41, 5.74) is 1.45. The Morgan fingerprint density at radius 2 is 1.62 bits per heavy atom. The first-order valence-corrected chi connectivity index (χ1v) is 10.7. The van der Waals surface area contributed by atoms with Crippen LogP contribution in [0.25, 0.3) is 0 Å². The smallest absolute Gasteiger partial charge is 0.338 e. The molecule has 0 spiro atoms. The molecule has 7 nitrogen and oxygen atoms in total. The Morgan fingerprint density at radius 3 is 2.22 bits per heavy atom. The molecule has 7 heteroatoms. The van der Waals surface area contributed by atoms with E-state index in [1.54, 1.807) is 69.3 Å². The van der Waals surface area contributed by atoms with Crippen LogP contribution in [-0.2, 0) is 19.1 Å². The van der Waals surface area contributed by atoms with Gasteiger partial charge in [0.05, 0.1) is 17.6 Å². The van der Waals surface area contributed by atoms with Crippen molar-refractivity contribution in [1.82, 2.24) is 0 Å². The normalized spacial score (nSPS) is 16.7. The highest BCUT2D eigenvalue weighted by atomic mass is 16.5. The molecule has 0 bridgehead atoms. The molecule has 2 atom stereocenters.